The maximum absolute atomic E-state index is 13.4. The van der Waals surface area contributed by atoms with Gasteiger partial charge in [-0.25, -0.2) is 0 Å². The number of aryl methyl sites for hydroxylation is 1. The van der Waals surface area contributed by atoms with Crippen LogP contribution in [-0.4, -0.2) is 34.8 Å². The zero-order valence-electron chi connectivity index (χ0n) is 17.0. The highest BCUT2D eigenvalue weighted by molar-refractivity contribution is 7.16. The van der Waals surface area contributed by atoms with Crippen LogP contribution in [0.25, 0.3) is 10.8 Å². The second-order valence-corrected chi connectivity index (χ2v) is 8.94. The summed E-state index contributed by atoms with van der Waals surface area (Å²) in [7, 11) is 0. The van der Waals surface area contributed by atoms with E-state index in [1.54, 1.807) is 0 Å². The van der Waals surface area contributed by atoms with Crippen molar-refractivity contribution in [1.29, 1.82) is 0 Å². The largest absolute Gasteiger partial charge is 0.338 e. The minimum absolute atomic E-state index is 0.00101. The number of aromatic nitrogens is 1. The summed E-state index contributed by atoms with van der Waals surface area (Å²) in [6, 6.07) is 10.4. The van der Waals surface area contributed by atoms with Gasteiger partial charge >= 0.3 is 0 Å². The zero-order valence-corrected chi connectivity index (χ0v) is 17.8. The lowest BCUT2D eigenvalue weighted by Crippen LogP contribution is -2.39. The van der Waals surface area contributed by atoms with E-state index in [0.29, 0.717) is 17.1 Å². The third kappa shape index (κ3) is 3.90. The Hall–Kier alpha value is -2.73. The normalized spacial score (nSPS) is 16.8. The van der Waals surface area contributed by atoms with Crippen LogP contribution in [-0.2, 0) is 4.79 Å². The van der Waals surface area contributed by atoms with Gasteiger partial charge in [0.1, 0.15) is 5.00 Å². The van der Waals surface area contributed by atoms with Crippen LogP contribution < -0.4 is 5.32 Å². The number of nitrogens with zero attached hydrogens (tertiary/aromatic N) is 2. The number of nitrogens with one attached hydrogen (secondary N) is 1. The number of likely N-dealkylation sites (tertiary alicyclic amines) is 1. The second kappa shape index (κ2) is 7.95. The fourth-order valence-corrected chi connectivity index (χ4v) is 5.12. The van der Waals surface area contributed by atoms with Crippen LogP contribution in [0.1, 0.15) is 52.2 Å². The topological polar surface area (TPSA) is 62.3 Å². The molecule has 5 nitrogen and oxygen atoms in total. The van der Waals surface area contributed by atoms with Crippen molar-refractivity contribution in [2.45, 2.75) is 39.5 Å². The zero-order chi connectivity index (χ0) is 20.5. The average Bonchev–Trinajstić information content (AvgIpc) is 2.99. The molecule has 1 N–H and O–H groups in total. The standard InChI is InChI=1S/C23H25N3O2S/c1-14-15(2)29-22(25-16(3)27)21(14)23(28)26-10-6-9-19(13-26)20-11-17-7-4-5-8-18(17)12-24-20/h4-5,7-8,11-12,19H,6,9-10,13H2,1-3H3,(H,25,27)/t19-/m1/s1. The first-order valence-electron chi connectivity index (χ1n) is 9.95. The number of anilines is 1. The summed E-state index contributed by atoms with van der Waals surface area (Å²) >= 11 is 1.47. The predicted molar refractivity (Wildman–Crippen MR) is 118 cm³/mol. The molecule has 2 aromatic heterocycles. The molecular weight excluding hydrogens is 382 g/mol. The summed E-state index contributed by atoms with van der Waals surface area (Å²) in [4.78, 5) is 32.6. The third-order valence-electron chi connectivity index (χ3n) is 5.67. The Kier molecular flexibility index (Phi) is 5.37. The van der Waals surface area contributed by atoms with E-state index in [0.717, 1.165) is 40.9 Å². The Morgan fingerprint density at radius 1 is 1.21 bits per heavy atom. The number of fused-ring (bicyclic) bond motifs is 1. The number of benzene rings is 1. The molecule has 2 amide bonds. The van der Waals surface area contributed by atoms with Gasteiger partial charge in [-0.15, -0.1) is 11.3 Å². The number of amides is 2. The van der Waals surface area contributed by atoms with Gasteiger partial charge in [0, 0.05) is 48.1 Å². The quantitative estimate of drug-likeness (QED) is 0.672. The summed E-state index contributed by atoms with van der Waals surface area (Å²) in [5.74, 6) is 0.0693. The molecular formula is C23H25N3O2S. The van der Waals surface area contributed by atoms with Crippen molar-refractivity contribution in [3.05, 3.63) is 58.2 Å². The maximum atomic E-state index is 13.4. The molecule has 0 spiro atoms. The molecule has 0 aliphatic carbocycles. The van der Waals surface area contributed by atoms with Crippen LogP contribution in [0.2, 0.25) is 0 Å². The molecule has 1 fully saturated rings. The first-order valence-corrected chi connectivity index (χ1v) is 10.8. The average molecular weight is 408 g/mol. The summed E-state index contributed by atoms with van der Waals surface area (Å²) in [6.45, 7) is 6.80. The lowest BCUT2D eigenvalue weighted by Gasteiger charge is -2.33. The van der Waals surface area contributed by atoms with Crippen LogP contribution in [0, 0.1) is 13.8 Å². The van der Waals surface area contributed by atoms with E-state index in [1.807, 2.05) is 37.1 Å². The molecule has 0 unspecified atom stereocenters. The highest BCUT2D eigenvalue weighted by Gasteiger charge is 2.30. The number of hydrogen-bond donors (Lipinski definition) is 1. The Labute approximate surface area is 174 Å². The number of hydrogen-bond acceptors (Lipinski definition) is 4. The Morgan fingerprint density at radius 2 is 1.97 bits per heavy atom. The molecule has 6 heteroatoms. The highest BCUT2D eigenvalue weighted by Crippen LogP contribution is 2.35. The van der Waals surface area contributed by atoms with Gasteiger partial charge in [0.25, 0.3) is 5.91 Å². The Balaban J connectivity index is 1.60. The first kappa shape index (κ1) is 19.6. The number of carbonyl (C=O) groups excluding carboxylic acids is 2. The van der Waals surface area contributed by atoms with Gasteiger partial charge in [-0.1, -0.05) is 24.3 Å². The molecule has 3 aromatic rings. The molecule has 1 atom stereocenters. The van der Waals surface area contributed by atoms with Crippen molar-refractivity contribution in [3.63, 3.8) is 0 Å². The predicted octanol–water partition coefficient (Wildman–Crippen LogP) is 4.89. The summed E-state index contributed by atoms with van der Waals surface area (Å²) in [5.41, 5.74) is 2.63. The van der Waals surface area contributed by atoms with Gasteiger partial charge in [0.15, 0.2) is 0 Å². The van der Waals surface area contributed by atoms with E-state index >= 15 is 0 Å². The molecule has 1 aromatic carbocycles. The number of piperidine rings is 1. The van der Waals surface area contributed by atoms with Gasteiger partial charge in [0.05, 0.1) is 5.56 Å². The van der Waals surface area contributed by atoms with E-state index in [9.17, 15) is 9.59 Å². The van der Waals surface area contributed by atoms with E-state index in [-0.39, 0.29) is 17.7 Å². The molecule has 1 aliphatic rings. The van der Waals surface area contributed by atoms with Gasteiger partial charge in [-0.2, -0.15) is 0 Å². The van der Waals surface area contributed by atoms with Crippen molar-refractivity contribution >= 4 is 38.9 Å². The minimum atomic E-state index is -0.155. The van der Waals surface area contributed by atoms with Crippen molar-refractivity contribution in [3.8, 4) is 0 Å². The second-order valence-electron chi connectivity index (χ2n) is 7.72. The van der Waals surface area contributed by atoms with E-state index < -0.39 is 0 Å². The lowest BCUT2D eigenvalue weighted by atomic mass is 9.92. The Morgan fingerprint density at radius 3 is 2.72 bits per heavy atom. The molecule has 3 heterocycles. The van der Waals surface area contributed by atoms with E-state index in [1.165, 1.54) is 23.6 Å². The van der Waals surface area contributed by atoms with Crippen molar-refractivity contribution < 1.29 is 9.59 Å². The van der Waals surface area contributed by atoms with Crippen LogP contribution in [0.5, 0.6) is 0 Å². The number of carbonyl (C=O) groups is 2. The Bertz CT molecular complexity index is 1090. The lowest BCUT2D eigenvalue weighted by molar-refractivity contribution is -0.114. The van der Waals surface area contributed by atoms with Gasteiger partial charge < -0.3 is 10.2 Å². The molecule has 150 valence electrons. The summed E-state index contributed by atoms with van der Waals surface area (Å²) in [5, 5.41) is 5.80. The monoisotopic (exact) mass is 407 g/mol. The van der Waals surface area contributed by atoms with Gasteiger partial charge in [0.2, 0.25) is 5.91 Å². The SMILES string of the molecule is CC(=O)Nc1sc(C)c(C)c1C(=O)N1CCC[C@@H](c2cc3ccccc3cn2)C1. The molecule has 29 heavy (non-hydrogen) atoms. The molecule has 0 bridgehead atoms. The fourth-order valence-electron chi connectivity index (χ4n) is 4.02. The van der Waals surface area contributed by atoms with E-state index in [2.05, 4.69) is 28.5 Å². The first-order chi connectivity index (χ1) is 13.9. The fraction of sp³-hybridized carbons (Fsp3) is 0.348. The molecule has 4 rings (SSSR count). The summed E-state index contributed by atoms with van der Waals surface area (Å²) in [6.07, 6.45) is 3.89. The molecule has 0 radical (unpaired) electrons. The van der Waals surface area contributed by atoms with Crippen LogP contribution >= 0.6 is 11.3 Å². The molecule has 1 saturated heterocycles. The minimum Gasteiger partial charge on any atom is -0.338 e. The van der Waals surface area contributed by atoms with Crippen LogP contribution in [0.3, 0.4) is 0 Å². The van der Waals surface area contributed by atoms with Crippen molar-refractivity contribution in [1.82, 2.24) is 9.88 Å². The van der Waals surface area contributed by atoms with Crippen LogP contribution in [0.15, 0.2) is 36.5 Å². The maximum Gasteiger partial charge on any atom is 0.257 e. The smallest absolute Gasteiger partial charge is 0.257 e. The van der Waals surface area contributed by atoms with Crippen LogP contribution in [0.4, 0.5) is 5.00 Å². The van der Waals surface area contributed by atoms with E-state index in [4.69, 9.17) is 0 Å². The van der Waals surface area contributed by atoms with Gasteiger partial charge in [-0.3, -0.25) is 14.6 Å². The number of thiophene rings is 1. The third-order valence-corrected chi connectivity index (χ3v) is 6.79. The van der Waals surface area contributed by atoms with Crippen molar-refractivity contribution in [2.24, 2.45) is 0 Å². The van der Waals surface area contributed by atoms with Gasteiger partial charge in [-0.05, 0) is 43.7 Å². The molecule has 1 aliphatic heterocycles. The molecule has 0 saturated carbocycles. The van der Waals surface area contributed by atoms with Crippen molar-refractivity contribution in [2.75, 3.05) is 18.4 Å². The number of rotatable bonds is 3. The highest BCUT2D eigenvalue weighted by atomic mass is 32.1. The number of pyridine rings is 1. The summed E-state index contributed by atoms with van der Waals surface area (Å²) < 4.78 is 0.